The molecule has 3 heteroatoms. The largest absolute Gasteiger partial charge is 0.323 e. The summed E-state index contributed by atoms with van der Waals surface area (Å²) in [6.07, 6.45) is 3.70. The van der Waals surface area contributed by atoms with E-state index in [4.69, 9.17) is 0 Å². The summed E-state index contributed by atoms with van der Waals surface area (Å²) in [4.78, 5) is 14.4. The van der Waals surface area contributed by atoms with Crippen molar-refractivity contribution in [2.45, 2.75) is 65.2 Å². The molecule has 16 heavy (non-hydrogen) atoms. The second-order valence-corrected chi connectivity index (χ2v) is 5.42. The lowest BCUT2D eigenvalue weighted by Crippen LogP contribution is -2.37. The molecule has 1 aliphatic carbocycles. The Hall–Kier alpha value is -0.570. The van der Waals surface area contributed by atoms with E-state index in [1.807, 2.05) is 0 Å². The lowest BCUT2D eigenvalue weighted by molar-refractivity contribution is -0.131. The zero-order valence-corrected chi connectivity index (χ0v) is 10.9. The quantitative estimate of drug-likeness (QED) is 0.792. The van der Waals surface area contributed by atoms with Crippen LogP contribution in [0.15, 0.2) is 0 Å². The van der Waals surface area contributed by atoms with Gasteiger partial charge in [0.05, 0.1) is 12.2 Å². The van der Waals surface area contributed by atoms with Crippen molar-refractivity contribution in [1.29, 1.82) is 0 Å². The molecule has 1 amide bonds. The van der Waals surface area contributed by atoms with Crippen LogP contribution < -0.4 is 5.32 Å². The SMILES string of the molecule is CCC(C)C1NC(C)N(C2CC2CC)C1=O. The zero-order chi connectivity index (χ0) is 11.9. The Morgan fingerprint density at radius 2 is 2.19 bits per heavy atom. The normalized spacial score (nSPS) is 40.2. The number of carbonyl (C=O) groups excluding carboxylic acids is 1. The number of carbonyl (C=O) groups is 1. The highest BCUT2D eigenvalue weighted by molar-refractivity contribution is 5.85. The van der Waals surface area contributed by atoms with Crippen LogP contribution in [0, 0.1) is 11.8 Å². The third-order valence-corrected chi connectivity index (χ3v) is 4.34. The Kier molecular flexibility index (Phi) is 3.24. The average molecular weight is 224 g/mol. The molecule has 1 saturated carbocycles. The molecular weight excluding hydrogens is 200 g/mol. The topological polar surface area (TPSA) is 32.3 Å². The first-order chi connectivity index (χ1) is 7.60. The summed E-state index contributed by atoms with van der Waals surface area (Å²) >= 11 is 0. The molecule has 2 rings (SSSR count). The fourth-order valence-electron chi connectivity index (χ4n) is 2.87. The number of amides is 1. The first-order valence-corrected chi connectivity index (χ1v) is 6.68. The predicted octanol–water partition coefficient (Wildman–Crippen LogP) is 1.98. The Morgan fingerprint density at radius 1 is 1.50 bits per heavy atom. The van der Waals surface area contributed by atoms with E-state index in [9.17, 15) is 4.79 Å². The maximum absolute atomic E-state index is 12.3. The minimum absolute atomic E-state index is 0.0538. The second-order valence-electron chi connectivity index (χ2n) is 5.42. The summed E-state index contributed by atoms with van der Waals surface area (Å²) in [5.41, 5.74) is 0. The van der Waals surface area contributed by atoms with E-state index < -0.39 is 0 Å². The van der Waals surface area contributed by atoms with Gasteiger partial charge in [-0.2, -0.15) is 0 Å². The maximum atomic E-state index is 12.3. The predicted molar refractivity (Wildman–Crippen MR) is 64.9 cm³/mol. The van der Waals surface area contributed by atoms with Gasteiger partial charge in [-0.15, -0.1) is 0 Å². The smallest absolute Gasteiger partial charge is 0.241 e. The first kappa shape index (κ1) is 11.9. The van der Waals surface area contributed by atoms with E-state index in [1.54, 1.807) is 0 Å². The van der Waals surface area contributed by atoms with Gasteiger partial charge in [0.2, 0.25) is 5.91 Å². The van der Waals surface area contributed by atoms with E-state index in [0.717, 1.165) is 12.3 Å². The molecule has 0 aromatic rings. The molecule has 5 unspecified atom stereocenters. The van der Waals surface area contributed by atoms with Gasteiger partial charge in [0.1, 0.15) is 0 Å². The van der Waals surface area contributed by atoms with Crippen molar-refractivity contribution in [3.05, 3.63) is 0 Å². The monoisotopic (exact) mass is 224 g/mol. The number of nitrogens with one attached hydrogen (secondary N) is 1. The van der Waals surface area contributed by atoms with Crippen molar-refractivity contribution >= 4 is 5.91 Å². The molecule has 1 aliphatic heterocycles. The Bertz CT molecular complexity index is 279. The van der Waals surface area contributed by atoms with E-state index in [2.05, 4.69) is 37.9 Å². The van der Waals surface area contributed by atoms with Gasteiger partial charge in [-0.3, -0.25) is 10.1 Å². The molecule has 0 aromatic carbocycles. The highest BCUT2D eigenvalue weighted by Gasteiger charge is 2.50. The third kappa shape index (κ3) is 1.86. The number of hydrogen-bond acceptors (Lipinski definition) is 2. The van der Waals surface area contributed by atoms with Crippen LogP contribution in [-0.4, -0.2) is 29.1 Å². The molecule has 2 aliphatic rings. The molecule has 3 nitrogen and oxygen atoms in total. The minimum Gasteiger partial charge on any atom is -0.323 e. The van der Waals surface area contributed by atoms with Crippen LogP contribution in [0.2, 0.25) is 0 Å². The van der Waals surface area contributed by atoms with Gasteiger partial charge in [-0.1, -0.05) is 33.6 Å². The Morgan fingerprint density at radius 3 is 2.69 bits per heavy atom. The fourth-order valence-corrected chi connectivity index (χ4v) is 2.87. The molecule has 92 valence electrons. The zero-order valence-electron chi connectivity index (χ0n) is 10.9. The van der Waals surface area contributed by atoms with Crippen molar-refractivity contribution in [1.82, 2.24) is 10.2 Å². The molecule has 0 spiro atoms. The molecule has 0 radical (unpaired) electrons. The summed E-state index contributed by atoms with van der Waals surface area (Å²) in [6.45, 7) is 8.65. The van der Waals surface area contributed by atoms with Gasteiger partial charge in [0, 0.05) is 6.04 Å². The molecule has 2 fully saturated rings. The molecule has 1 heterocycles. The highest BCUT2D eigenvalue weighted by Crippen LogP contribution is 2.41. The average Bonchev–Trinajstić information content (AvgIpc) is 2.98. The molecule has 0 bridgehead atoms. The van der Waals surface area contributed by atoms with Crippen molar-refractivity contribution in [2.75, 3.05) is 0 Å². The standard InChI is InChI=1S/C13H24N2O/c1-5-8(3)12-13(16)15(9(4)14-12)11-7-10(11)6-2/h8-12,14H,5-7H2,1-4H3. The van der Waals surface area contributed by atoms with Crippen LogP contribution >= 0.6 is 0 Å². The van der Waals surface area contributed by atoms with E-state index in [-0.39, 0.29) is 12.2 Å². The third-order valence-electron chi connectivity index (χ3n) is 4.34. The lowest BCUT2D eigenvalue weighted by atomic mass is 9.99. The van der Waals surface area contributed by atoms with E-state index in [0.29, 0.717) is 17.9 Å². The molecule has 0 aromatic heterocycles. The highest BCUT2D eigenvalue weighted by atomic mass is 16.2. The van der Waals surface area contributed by atoms with Crippen molar-refractivity contribution in [3.63, 3.8) is 0 Å². The van der Waals surface area contributed by atoms with Gasteiger partial charge in [-0.25, -0.2) is 0 Å². The number of rotatable bonds is 4. The van der Waals surface area contributed by atoms with Gasteiger partial charge in [0.15, 0.2) is 0 Å². The van der Waals surface area contributed by atoms with Crippen LogP contribution in [0.1, 0.15) is 47.0 Å². The van der Waals surface area contributed by atoms with E-state index >= 15 is 0 Å². The van der Waals surface area contributed by atoms with Crippen LogP contribution in [0.4, 0.5) is 0 Å². The Balaban J connectivity index is 2.03. The number of hydrogen-bond donors (Lipinski definition) is 1. The fraction of sp³-hybridized carbons (Fsp3) is 0.923. The summed E-state index contributed by atoms with van der Waals surface area (Å²) in [5.74, 6) is 1.53. The lowest BCUT2D eigenvalue weighted by Gasteiger charge is -2.21. The number of nitrogens with zero attached hydrogens (tertiary/aromatic N) is 1. The summed E-state index contributed by atoms with van der Waals surface area (Å²) in [5, 5.41) is 3.45. The van der Waals surface area contributed by atoms with Gasteiger partial charge >= 0.3 is 0 Å². The van der Waals surface area contributed by atoms with Crippen molar-refractivity contribution < 1.29 is 4.79 Å². The first-order valence-electron chi connectivity index (χ1n) is 6.68. The summed E-state index contributed by atoms with van der Waals surface area (Å²) in [6, 6.07) is 0.576. The summed E-state index contributed by atoms with van der Waals surface area (Å²) in [7, 11) is 0. The van der Waals surface area contributed by atoms with Gasteiger partial charge in [0.25, 0.3) is 0 Å². The molecule has 1 saturated heterocycles. The minimum atomic E-state index is 0.0538. The second kappa shape index (κ2) is 4.36. The Labute approximate surface area is 98.6 Å². The molecule has 1 N–H and O–H groups in total. The van der Waals surface area contributed by atoms with Crippen LogP contribution in [0.25, 0.3) is 0 Å². The van der Waals surface area contributed by atoms with E-state index in [1.165, 1.54) is 12.8 Å². The van der Waals surface area contributed by atoms with Gasteiger partial charge < -0.3 is 4.90 Å². The van der Waals surface area contributed by atoms with Crippen LogP contribution in [0.3, 0.4) is 0 Å². The molecular formula is C13H24N2O. The van der Waals surface area contributed by atoms with Crippen LogP contribution in [0.5, 0.6) is 0 Å². The van der Waals surface area contributed by atoms with Gasteiger partial charge in [-0.05, 0) is 25.2 Å². The summed E-state index contributed by atoms with van der Waals surface area (Å²) < 4.78 is 0. The maximum Gasteiger partial charge on any atom is 0.241 e. The van der Waals surface area contributed by atoms with Crippen molar-refractivity contribution in [3.8, 4) is 0 Å². The van der Waals surface area contributed by atoms with Crippen molar-refractivity contribution in [2.24, 2.45) is 11.8 Å². The molecule has 5 atom stereocenters. The van der Waals surface area contributed by atoms with Crippen LogP contribution in [-0.2, 0) is 4.79 Å².